The first-order valence-electron chi connectivity index (χ1n) is 3.62. The fourth-order valence-corrected chi connectivity index (χ4v) is 1.57. The summed E-state index contributed by atoms with van der Waals surface area (Å²) in [6.45, 7) is 2.26. The third kappa shape index (κ3) is 16.2. The van der Waals surface area contributed by atoms with Crippen molar-refractivity contribution in [2.45, 2.75) is 43.2 Å². The SMILES string of the molecule is CCCCCC[CH2][In].Cl.Cl. The van der Waals surface area contributed by atoms with E-state index < -0.39 is 0 Å². The second kappa shape index (κ2) is 16.8. The van der Waals surface area contributed by atoms with E-state index in [1.165, 1.54) is 60.7 Å². The Kier molecular flexibility index (Phi) is 29.4. The van der Waals surface area contributed by atoms with E-state index in [0.717, 1.165) is 0 Å². The summed E-state index contributed by atoms with van der Waals surface area (Å²) in [7, 11) is 0. The van der Waals surface area contributed by atoms with Crippen LogP contribution in [0.25, 0.3) is 0 Å². The fraction of sp³-hybridized carbons (Fsp3) is 1.00. The Morgan fingerprint density at radius 1 is 0.900 bits per heavy atom. The Hall–Kier alpha value is 1.45. The maximum Gasteiger partial charge on any atom is -0.147 e. The van der Waals surface area contributed by atoms with Crippen molar-refractivity contribution < 1.29 is 0 Å². The maximum atomic E-state index is 2.26. The molecule has 0 saturated heterocycles. The molecule has 0 nitrogen and oxygen atoms in total. The van der Waals surface area contributed by atoms with Crippen LogP contribution in [0.15, 0.2) is 0 Å². The predicted octanol–water partition coefficient (Wildman–Crippen LogP) is 3.39. The summed E-state index contributed by atoms with van der Waals surface area (Å²) in [4.78, 5) is 0. The summed E-state index contributed by atoms with van der Waals surface area (Å²) < 4.78 is 1.49. The van der Waals surface area contributed by atoms with E-state index in [1.54, 1.807) is 0 Å². The number of hydrogen-bond donors (Lipinski definition) is 0. The van der Waals surface area contributed by atoms with Gasteiger partial charge in [-0.2, -0.15) is 0 Å². The molecule has 0 aliphatic heterocycles. The first-order valence-corrected chi connectivity index (χ1v) is 5.95. The van der Waals surface area contributed by atoms with Crippen LogP contribution < -0.4 is 0 Å². The van der Waals surface area contributed by atoms with Crippen LogP contribution in [0.3, 0.4) is 0 Å². The van der Waals surface area contributed by atoms with Crippen molar-refractivity contribution in [2.75, 3.05) is 0 Å². The molecule has 0 atom stereocenters. The quantitative estimate of drug-likeness (QED) is 0.680. The van der Waals surface area contributed by atoms with Crippen LogP contribution >= 0.6 is 24.8 Å². The first-order chi connectivity index (χ1) is 3.91. The molecule has 0 rings (SSSR count). The van der Waals surface area contributed by atoms with Gasteiger partial charge in [0, 0.05) is 0 Å². The average Bonchev–Trinajstić information content (AvgIpc) is 1.81. The molecule has 0 bridgehead atoms. The fourth-order valence-electron chi connectivity index (χ4n) is 0.748. The Balaban J connectivity index is -0.000000245. The molecule has 62 valence electrons. The Bertz CT molecular complexity index is 36.6. The molecule has 0 fully saturated rings. The van der Waals surface area contributed by atoms with Crippen LogP contribution in [0.1, 0.15) is 39.0 Å². The minimum absolute atomic E-state index is 0. The molecular formula is C7H17Cl2In. The minimum Gasteiger partial charge on any atom is -0.147 e. The van der Waals surface area contributed by atoms with Gasteiger partial charge in [0.2, 0.25) is 0 Å². The summed E-state index contributed by atoms with van der Waals surface area (Å²) in [5, 5.41) is 0. The van der Waals surface area contributed by atoms with Crippen LogP contribution in [0.4, 0.5) is 0 Å². The van der Waals surface area contributed by atoms with Gasteiger partial charge in [-0.3, -0.25) is 0 Å². The van der Waals surface area contributed by atoms with Crippen LogP contribution in [-0.4, -0.2) is 24.4 Å². The topological polar surface area (TPSA) is 0 Å². The molecule has 0 aromatic rings. The zero-order valence-electron chi connectivity index (χ0n) is 6.64. The number of halogens is 2. The van der Waals surface area contributed by atoms with Crippen LogP contribution in [0, 0.1) is 0 Å². The standard InChI is InChI=1S/C7H15.2ClH.In/c1-3-5-7-6-4-2;;;/h1,3-7H2,2H3;2*1H;. The second-order valence-electron chi connectivity index (χ2n) is 2.20. The molecule has 10 heavy (non-hydrogen) atoms. The van der Waals surface area contributed by atoms with Gasteiger partial charge in [-0.1, -0.05) is 0 Å². The maximum absolute atomic E-state index is 2.26. The minimum atomic E-state index is 0. The van der Waals surface area contributed by atoms with E-state index in [9.17, 15) is 0 Å². The summed E-state index contributed by atoms with van der Waals surface area (Å²) in [6.07, 6.45) is 7.26. The Morgan fingerprint density at radius 2 is 1.40 bits per heavy atom. The van der Waals surface area contributed by atoms with Gasteiger partial charge in [-0.05, 0) is 0 Å². The average molecular weight is 287 g/mol. The van der Waals surface area contributed by atoms with Gasteiger partial charge < -0.3 is 0 Å². The molecule has 0 aromatic heterocycles. The van der Waals surface area contributed by atoms with Gasteiger partial charge in [0.1, 0.15) is 0 Å². The molecule has 0 saturated carbocycles. The molecule has 0 amide bonds. The molecular weight excluding hydrogens is 270 g/mol. The van der Waals surface area contributed by atoms with Gasteiger partial charge >= 0.3 is 67.6 Å². The molecule has 0 spiro atoms. The molecule has 0 unspecified atom stereocenters. The number of hydrogen-bond acceptors (Lipinski definition) is 0. The van der Waals surface area contributed by atoms with E-state index >= 15 is 0 Å². The number of rotatable bonds is 5. The van der Waals surface area contributed by atoms with Crippen molar-refractivity contribution in [3.63, 3.8) is 0 Å². The molecule has 3 heteroatoms. The van der Waals surface area contributed by atoms with Gasteiger partial charge in [0.15, 0.2) is 0 Å². The van der Waals surface area contributed by atoms with Gasteiger partial charge in [0.25, 0.3) is 0 Å². The van der Waals surface area contributed by atoms with Crippen LogP contribution in [0.2, 0.25) is 4.18 Å². The van der Waals surface area contributed by atoms with Crippen molar-refractivity contribution in [2.24, 2.45) is 0 Å². The molecule has 2 radical (unpaired) electrons. The van der Waals surface area contributed by atoms with Crippen molar-refractivity contribution in [1.82, 2.24) is 0 Å². The van der Waals surface area contributed by atoms with Gasteiger partial charge in [-0.15, -0.1) is 24.8 Å². The normalized spacial score (nSPS) is 7.70. The van der Waals surface area contributed by atoms with Crippen LogP contribution in [-0.2, 0) is 0 Å². The smallest absolute Gasteiger partial charge is 0.147 e. The monoisotopic (exact) mass is 286 g/mol. The molecule has 0 aliphatic rings. The zero-order valence-corrected chi connectivity index (χ0v) is 11.6. The first kappa shape index (κ1) is 17.5. The summed E-state index contributed by atoms with van der Waals surface area (Å²) >= 11 is 1.46. The Morgan fingerprint density at radius 3 is 1.80 bits per heavy atom. The van der Waals surface area contributed by atoms with E-state index in [4.69, 9.17) is 0 Å². The molecule has 0 aromatic carbocycles. The van der Waals surface area contributed by atoms with Crippen LogP contribution in [0.5, 0.6) is 0 Å². The number of unbranched alkanes of at least 4 members (excludes halogenated alkanes) is 4. The molecule has 0 N–H and O–H groups in total. The van der Waals surface area contributed by atoms with E-state index in [1.807, 2.05) is 0 Å². The van der Waals surface area contributed by atoms with Gasteiger partial charge in [0.05, 0.1) is 0 Å². The summed E-state index contributed by atoms with van der Waals surface area (Å²) in [6, 6.07) is 0. The molecule has 0 aliphatic carbocycles. The van der Waals surface area contributed by atoms with Crippen molar-refractivity contribution in [1.29, 1.82) is 0 Å². The summed E-state index contributed by atoms with van der Waals surface area (Å²) in [5.74, 6) is 0. The van der Waals surface area contributed by atoms with Crippen molar-refractivity contribution >= 4 is 49.2 Å². The third-order valence-electron chi connectivity index (χ3n) is 1.31. The van der Waals surface area contributed by atoms with E-state index in [0.29, 0.717) is 0 Å². The second-order valence-corrected chi connectivity index (χ2v) is 3.85. The predicted molar refractivity (Wildman–Crippen MR) is 53.8 cm³/mol. The Labute approximate surface area is 91.9 Å². The van der Waals surface area contributed by atoms with E-state index in [2.05, 4.69) is 6.92 Å². The summed E-state index contributed by atoms with van der Waals surface area (Å²) in [5.41, 5.74) is 0. The van der Waals surface area contributed by atoms with Crippen molar-refractivity contribution in [3.05, 3.63) is 0 Å². The largest absolute Gasteiger partial charge is 0.147 e. The third-order valence-corrected chi connectivity index (χ3v) is 2.47. The zero-order chi connectivity index (χ0) is 6.24. The van der Waals surface area contributed by atoms with E-state index in [-0.39, 0.29) is 24.8 Å². The molecule has 0 heterocycles. The van der Waals surface area contributed by atoms with Gasteiger partial charge in [-0.25, -0.2) is 0 Å². The van der Waals surface area contributed by atoms with Crippen molar-refractivity contribution in [3.8, 4) is 0 Å².